The lowest BCUT2D eigenvalue weighted by Gasteiger charge is -2.03. The van der Waals surface area contributed by atoms with Crippen LogP contribution < -0.4 is 0 Å². The largest absolute Gasteiger partial charge is 0.371 e. The van der Waals surface area contributed by atoms with Crippen LogP contribution in [-0.2, 0) is 4.74 Å². The minimum absolute atomic E-state index is 0.678. The maximum atomic E-state index is 5.34. The Bertz CT molecular complexity index is 163. The third-order valence-corrected chi connectivity index (χ3v) is 2.87. The number of hydrogen-bond acceptors (Lipinski definition) is 1. The fourth-order valence-corrected chi connectivity index (χ4v) is 1.82. The monoisotopic (exact) mass is 239 g/mol. The van der Waals surface area contributed by atoms with Crippen LogP contribution in [0.25, 0.3) is 0 Å². The van der Waals surface area contributed by atoms with Gasteiger partial charge in [-0.1, -0.05) is 76.9 Å². The number of unbranched alkanes of at least 4 members (excludes halogenated alkanes) is 9. The zero-order valence-corrected chi connectivity index (χ0v) is 12.0. The summed E-state index contributed by atoms with van der Waals surface area (Å²) in [5.74, 6) is 0. The van der Waals surface area contributed by atoms with E-state index in [1.54, 1.807) is 0 Å². The van der Waals surface area contributed by atoms with E-state index in [4.69, 9.17) is 4.74 Å². The molecule has 101 valence electrons. The average Bonchev–Trinajstić information content (AvgIpc) is 2.30. The minimum atomic E-state index is 0.678. The van der Waals surface area contributed by atoms with Crippen LogP contribution in [0.3, 0.4) is 0 Å². The van der Waals surface area contributed by atoms with E-state index >= 15 is 0 Å². The highest BCUT2D eigenvalue weighted by Gasteiger charge is 1.93. The molecule has 0 aromatic carbocycles. The van der Waals surface area contributed by atoms with Crippen molar-refractivity contribution >= 4 is 0 Å². The van der Waals surface area contributed by atoms with Gasteiger partial charge in [-0.25, -0.2) is 0 Å². The molecular weight excluding hydrogens is 208 g/mol. The highest BCUT2D eigenvalue weighted by molar-refractivity contribution is 4.87. The van der Waals surface area contributed by atoms with Crippen LogP contribution in [0.1, 0.15) is 78.1 Å². The summed E-state index contributed by atoms with van der Waals surface area (Å²) in [5, 5.41) is 0. The lowest BCUT2D eigenvalue weighted by atomic mass is 10.1. The Kier molecular flexibility index (Phi) is 13.5. The molecule has 0 unspecified atom stereocenters. The third kappa shape index (κ3) is 15.7. The number of rotatable bonds is 13. The van der Waals surface area contributed by atoms with Crippen LogP contribution in [0.5, 0.6) is 0 Å². The smallest absolute Gasteiger partial charge is 0.0841 e. The summed E-state index contributed by atoms with van der Waals surface area (Å²) in [6.07, 6.45) is 13.6. The van der Waals surface area contributed by atoms with E-state index in [0.717, 1.165) is 12.0 Å². The maximum Gasteiger partial charge on any atom is 0.0841 e. The first-order chi connectivity index (χ1) is 8.27. The predicted octanol–water partition coefficient (Wildman–Crippen LogP) is 5.66. The third-order valence-electron chi connectivity index (χ3n) is 2.87. The topological polar surface area (TPSA) is 9.23 Å². The van der Waals surface area contributed by atoms with E-state index in [2.05, 4.69) is 13.5 Å². The van der Waals surface area contributed by atoms with Crippen molar-refractivity contribution in [2.24, 2.45) is 0 Å². The molecule has 0 rings (SSSR count). The van der Waals surface area contributed by atoms with Gasteiger partial charge in [0.25, 0.3) is 0 Å². The van der Waals surface area contributed by atoms with Crippen LogP contribution in [0.2, 0.25) is 0 Å². The van der Waals surface area contributed by atoms with Gasteiger partial charge >= 0.3 is 0 Å². The van der Waals surface area contributed by atoms with Crippen LogP contribution in [-0.4, -0.2) is 6.61 Å². The van der Waals surface area contributed by atoms with Crippen molar-refractivity contribution in [1.82, 2.24) is 0 Å². The molecule has 0 spiro atoms. The summed E-state index contributed by atoms with van der Waals surface area (Å²) in [4.78, 5) is 0. The molecule has 0 aliphatic rings. The Morgan fingerprint density at radius 3 is 2.00 bits per heavy atom. The molecule has 0 N–H and O–H groups in total. The molecule has 0 amide bonds. The van der Waals surface area contributed by atoms with Gasteiger partial charge in [-0.2, -0.15) is 0 Å². The zero-order chi connectivity index (χ0) is 12.8. The number of ether oxygens (including phenoxy) is 1. The van der Waals surface area contributed by atoms with E-state index in [-0.39, 0.29) is 0 Å². The molecule has 0 aromatic rings. The van der Waals surface area contributed by atoms with Gasteiger partial charge in [0, 0.05) is 0 Å². The molecule has 17 heavy (non-hydrogen) atoms. The molecule has 0 atom stereocenters. The lowest BCUT2D eigenvalue weighted by Crippen LogP contribution is -1.92. The van der Waals surface area contributed by atoms with Gasteiger partial charge in [-0.3, -0.25) is 0 Å². The standard InChI is InChI=1S/C16H31O/c1-4-5-6-7-8-9-10-11-12-13-14-17-15-16(2)3/h14H,2,4-13,15H2,1,3H3. The van der Waals surface area contributed by atoms with Crippen molar-refractivity contribution in [2.75, 3.05) is 6.61 Å². The fourth-order valence-electron chi connectivity index (χ4n) is 1.82. The first kappa shape index (κ1) is 16.7. The molecular formula is C16H31O. The maximum absolute atomic E-state index is 5.34. The molecule has 1 radical (unpaired) electrons. The van der Waals surface area contributed by atoms with Crippen LogP contribution in [0.4, 0.5) is 0 Å². The van der Waals surface area contributed by atoms with Crippen LogP contribution in [0.15, 0.2) is 12.2 Å². The van der Waals surface area contributed by atoms with E-state index in [1.807, 2.05) is 13.5 Å². The van der Waals surface area contributed by atoms with Crippen molar-refractivity contribution < 1.29 is 4.74 Å². The Labute approximate surface area is 109 Å². The van der Waals surface area contributed by atoms with Crippen molar-refractivity contribution in [3.05, 3.63) is 18.8 Å². The van der Waals surface area contributed by atoms with E-state index in [9.17, 15) is 0 Å². The molecule has 0 aromatic heterocycles. The Morgan fingerprint density at radius 1 is 0.941 bits per heavy atom. The molecule has 0 aliphatic heterocycles. The molecule has 0 aliphatic carbocycles. The van der Waals surface area contributed by atoms with E-state index in [1.165, 1.54) is 57.8 Å². The van der Waals surface area contributed by atoms with Gasteiger partial charge < -0.3 is 4.74 Å². The summed E-state index contributed by atoms with van der Waals surface area (Å²) < 4.78 is 5.34. The SMILES string of the molecule is C=C(C)CO[CH]CCCCCCCCCCC. The molecule has 0 saturated carbocycles. The second-order valence-electron chi connectivity index (χ2n) is 5.05. The molecule has 1 nitrogen and oxygen atoms in total. The van der Waals surface area contributed by atoms with E-state index < -0.39 is 0 Å². The first-order valence-electron chi connectivity index (χ1n) is 7.35. The van der Waals surface area contributed by atoms with Gasteiger partial charge in [0.15, 0.2) is 0 Å². The van der Waals surface area contributed by atoms with Gasteiger partial charge in [-0.15, -0.1) is 0 Å². The average molecular weight is 239 g/mol. The first-order valence-corrected chi connectivity index (χ1v) is 7.35. The van der Waals surface area contributed by atoms with Crippen molar-refractivity contribution in [3.63, 3.8) is 0 Å². The summed E-state index contributed by atoms with van der Waals surface area (Å²) in [6, 6.07) is 0. The Balaban J connectivity index is 2.91. The van der Waals surface area contributed by atoms with Crippen molar-refractivity contribution in [3.8, 4) is 0 Å². The van der Waals surface area contributed by atoms with Gasteiger partial charge in [-0.05, 0) is 13.3 Å². The zero-order valence-electron chi connectivity index (χ0n) is 12.0. The molecule has 0 saturated heterocycles. The number of hydrogen-bond donors (Lipinski definition) is 0. The van der Waals surface area contributed by atoms with Crippen molar-refractivity contribution in [1.29, 1.82) is 0 Å². The normalized spacial score (nSPS) is 10.7. The fraction of sp³-hybridized carbons (Fsp3) is 0.812. The van der Waals surface area contributed by atoms with Gasteiger partial charge in [0.05, 0.1) is 13.2 Å². The second kappa shape index (κ2) is 13.8. The Morgan fingerprint density at radius 2 is 1.47 bits per heavy atom. The summed E-state index contributed by atoms with van der Waals surface area (Å²) in [6.45, 7) is 10.7. The predicted molar refractivity (Wildman–Crippen MR) is 76.9 cm³/mol. The molecule has 0 fully saturated rings. The molecule has 0 bridgehead atoms. The summed E-state index contributed by atoms with van der Waals surface area (Å²) in [5.41, 5.74) is 1.09. The highest BCUT2D eigenvalue weighted by atomic mass is 16.5. The minimum Gasteiger partial charge on any atom is -0.371 e. The summed E-state index contributed by atoms with van der Waals surface area (Å²) in [7, 11) is 0. The van der Waals surface area contributed by atoms with Gasteiger partial charge in [0.2, 0.25) is 0 Å². The lowest BCUT2D eigenvalue weighted by molar-refractivity contribution is 0.215. The molecule has 1 heteroatoms. The molecule has 0 heterocycles. The van der Waals surface area contributed by atoms with Crippen molar-refractivity contribution in [2.45, 2.75) is 78.1 Å². The van der Waals surface area contributed by atoms with Crippen LogP contribution >= 0.6 is 0 Å². The quantitative estimate of drug-likeness (QED) is 0.297. The van der Waals surface area contributed by atoms with Gasteiger partial charge in [0.1, 0.15) is 0 Å². The summed E-state index contributed by atoms with van der Waals surface area (Å²) >= 11 is 0. The van der Waals surface area contributed by atoms with E-state index in [0.29, 0.717) is 6.61 Å². The highest BCUT2D eigenvalue weighted by Crippen LogP contribution is 2.11. The second-order valence-corrected chi connectivity index (χ2v) is 5.05. The van der Waals surface area contributed by atoms with Crippen LogP contribution in [0, 0.1) is 6.61 Å². The Hall–Kier alpha value is -0.300.